The van der Waals surface area contributed by atoms with Crippen LogP contribution in [0.2, 0.25) is 0 Å². The van der Waals surface area contributed by atoms with Crippen molar-refractivity contribution < 1.29 is 14.3 Å². The summed E-state index contributed by atoms with van der Waals surface area (Å²) in [7, 11) is 3.24. The van der Waals surface area contributed by atoms with Crippen molar-refractivity contribution in [3.8, 4) is 34.0 Å². The topological polar surface area (TPSA) is 99.8 Å². The number of carbonyl (C=O) groups excluding carboxylic acids is 1. The summed E-state index contributed by atoms with van der Waals surface area (Å²) in [6, 6.07) is 18.3. The highest BCUT2D eigenvalue weighted by molar-refractivity contribution is 7.15. The summed E-state index contributed by atoms with van der Waals surface area (Å²) in [5.74, 6) is 1.39. The molecule has 188 valence electrons. The van der Waals surface area contributed by atoms with E-state index in [0.29, 0.717) is 5.69 Å². The molecular formula is C27H25N5O4S. The van der Waals surface area contributed by atoms with E-state index in [1.165, 1.54) is 22.1 Å². The predicted molar refractivity (Wildman–Crippen MR) is 142 cm³/mol. The number of nitrogens with zero attached hydrogens (tertiary/aromatic N) is 4. The summed E-state index contributed by atoms with van der Waals surface area (Å²) < 4.78 is 13.7. The van der Waals surface area contributed by atoms with Crippen molar-refractivity contribution >= 4 is 22.2 Å². The van der Waals surface area contributed by atoms with Gasteiger partial charge in [0, 0.05) is 41.0 Å². The van der Waals surface area contributed by atoms with Gasteiger partial charge in [0.15, 0.2) is 4.96 Å². The number of imidazole rings is 1. The summed E-state index contributed by atoms with van der Waals surface area (Å²) in [6.45, 7) is 0.548. The molecule has 10 heteroatoms. The van der Waals surface area contributed by atoms with Gasteiger partial charge in [-0.3, -0.25) is 14.0 Å². The molecule has 0 aliphatic rings. The Morgan fingerprint density at radius 2 is 1.57 bits per heavy atom. The lowest BCUT2D eigenvalue weighted by Crippen LogP contribution is -2.32. The number of amides is 1. The second-order valence-corrected chi connectivity index (χ2v) is 9.11. The first-order valence-corrected chi connectivity index (χ1v) is 12.5. The minimum absolute atomic E-state index is 0.140. The van der Waals surface area contributed by atoms with Crippen molar-refractivity contribution in [3.63, 3.8) is 0 Å². The lowest BCUT2D eigenvalue weighted by atomic mass is 10.1. The van der Waals surface area contributed by atoms with E-state index in [2.05, 4.69) is 15.4 Å². The first-order valence-electron chi connectivity index (χ1n) is 11.6. The Labute approximate surface area is 216 Å². The highest BCUT2D eigenvalue weighted by Gasteiger charge is 2.13. The maximum Gasteiger partial charge on any atom is 0.266 e. The van der Waals surface area contributed by atoms with Crippen LogP contribution >= 0.6 is 11.3 Å². The molecule has 0 aliphatic carbocycles. The van der Waals surface area contributed by atoms with Crippen LogP contribution in [0.4, 0.5) is 0 Å². The first kappa shape index (κ1) is 24.3. The molecule has 0 radical (unpaired) electrons. The van der Waals surface area contributed by atoms with Crippen molar-refractivity contribution in [3.05, 3.63) is 88.3 Å². The lowest BCUT2D eigenvalue weighted by Gasteiger charge is -2.09. The maximum absolute atomic E-state index is 12.7. The van der Waals surface area contributed by atoms with Crippen LogP contribution in [0.5, 0.6) is 11.5 Å². The Bertz CT molecular complexity index is 1590. The highest BCUT2D eigenvalue weighted by atomic mass is 32.1. The molecule has 0 spiro atoms. The van der Waals surface area contributed by atoms with Crippen molar-refractivity contribution in [1.82, 2.24) is 24.5 Å². The molecule has 0 unspecified atom stereocenters. The van der Waals surface area contributed by atoms with Gasteiger partial charge in [-0.15, -0.1) is 11.3 Å². The van der Waals surface area contributed by atoms with Crippen molar-refractivity contribution in [1.29, 1.82) is 0 Å². The fourth-order valence-corrected chi connectivity index (χ4v) is 4.78. The zero-order valence-corrected chi connectivity index (χ0v) is 21.2. The number of thiazole rings is 1. The fourth-order valence-electron chi connectivity index (χ4n) is 3.91. The molecule has 0 saturated carbocycles. The van der Waals surface area contributed by atoms with E-state index in [0.717, 1.165) is 39.0 Å². The average molecular weight is 516 g/mol. The van der Waals surface area contributed by atoms with Gasteiger partial charge in [0.05, 0.1) is 38.6 Å². The molecule has 1 N–H and O–H groups in total. The van der Waals surface area contributed by atoms with E-state index >= 15 is 0 Å². The van der Waals surface area contributed by atoms with Crippen LogP contribution < -0.4 is 20.3 Å². The number of hydrogen-bond acceptors (Lipinski definition) is 7. The molecule has 37 heavy (non-hydrogen) atoms. The number of carbonyl (C=O) groups is 1. The monoisotopic (exact) mass is 515 g/mol. The molecule has 0 bridgehead atoms. The average Bonchev–Trinajstić information content (AvgIpc) is 3.52. The number of ether oxygens (including phenoxy) is 2. The predicted octanol–water partition coefficient (Wildman–Crippen LogP) is 3.66. The highest BCUT2D eigenvalue weighted by Crippen LogP contribution is 2.25. The van der Waals surface area contributed by atoms with E-state index in [9.17, 15) is 9.59 Å². The van der Waals surface area contributed by atoms with Crippen LogP contribution in [0, 0.1) is 0 Å². The summed E-state index contributed by atoms with van der Waals surface area (Å²) in [6.07, 6.45) is 2.14. The Kier molecular flexibility index (Phi) is 7.00. The van der Waals surface area contributed by atoms with E-state index in [4.69, 9.17) is 9.47 Å². The summed E-state index contributed by atoms with van der Waals surface area (Å²) >= 11 is 1.49. The quantitative estimate of drug-likeness (QED) is 0.322. The molecule has 1 amide bonds. The van der Waals surface area contributed by atoms with Gasteiger partial charge in [0.2, 0.25) is 5.91 Å². The Hall–Kier alpha value is -4.44. The van der Waals surface area contributed by atoms with Crippen LogP contribution in [0.25, 0.3) is 27.5 Å². The van der Waals surface area contributed by atoms with E-state index < -0.39 is 0 Å². The Morgan fingerprint density at radius 3 is 2.22 bits per heavy atom. The molecule has 2 aromatic carbocycles. The van der Waals surface area contributed by atoms with Crippen LogP contribution in [-0.4, -0.2) is 45.8 Å². The molecule has 0 atom stereocenters. The molecule has 3 heterocycles. The molecular weight excluding hydrogens is 490 g/mol. The smallest absolute Gasteiger partial charge is 0.266 e. The van der Waals surface area contributed by atoms with Gasteiger partial charge >= 0.3 is 0 Å². The number of fused-ring (bicyclic) bond motifs is 1. The third-order valence-electron chi connectivity index (χ3n) is 5.91. The Morgan fingerprint density at radius 1 is 0.919 bits per heavy atom. The van der Waals surface area contributed by atoms with Crippen molar-refractivity contribution in [2.24, 2.45) is 0 Å². The second kappa shape index (κ2) is 10.7. The standard InChI is InChI=1S/C27H25N5O4S/c1-35-21-7-3-18(4-8-21)23-11-12-26(34)32(30-23)14-13-28-25(33)15-20-17-37-27-29-24(16-31(20)27)19-5-9-22(36-2)10-6-19/h3-12,16-17H,13-15H2,1-2H3,(H,28,33). The molecule has 0 fully saturated rings. The number of rotatable bonds is 9. The summed E-state index contributed by atoms with van der Waals surface area (Å²) in [4.78, 5) is 30.4. The lowest BCUT2D eigenvalue weighted by molar-refractivity contribution is -0.120. The van der Waals surface area contributed by atoms with Crippen molar-refractivity contribution in [2.45, 2.75) is 13.0 Å². The third-order valence-corrected chi connectivity index (χ3v) is 6.80. The fraction of sp³-hybridized carbons (Fsp3) is 0.185. The second-order valence-electron chi connectivity index (χ2n) is 8.27. The zero-order chi connectivity index (χ0) is 25.8. The van der Waals surface area contributed by atoms with E-state index in [1.807, 2.05) is 64.5 Å². The van der Waals surface area contributed by atoms with Gasteiger partial charge in [-0.1, -0.05) is 0 Å². The molecule has 9 nitrogen and oxygen atoms in total. The number of aromatic nitrogens is 4. The van der Waals surface area contributed by atoms with Gasteiger partial charge in [-0.25, -0.2) is 9.67 Å². The van der Waals surface area contributed by atoms with Gasteiger partial charge in [0.25, 0.3) is 5.56 Å². The van der Waals surface area contributed by atoms with Gasteiger partial charge in [0.1, 0.15) is 11.5 Å². The largest absolute Gasteiger partial charge is 0.497 e. The molecule has 3 aromatic heterocycles. The molecule has 5 rings (SSSR count). The number of nitrogens with one attached hydrogen (secondary N) is 1. The SMILES string of the molecule is COc1ccc(-c2cn3c(CC(=O)NCCn4nc(-c5ccc(OC)cc5)ccc4=O)csc3n2)cc1. The van der Waals surface area contributed by atoms with Gasteiger partial charge < -0.3 is 14.8 Å². The first-order chi connectivity index (χ1) is 18.0. The maximum atomic E-state index is 12.7. The zero-order valence-electron chi connectivity index (χ0n) is 20.4. The van der Waals surface area contributed by atoms with Crippen LogP contribution in [0.1, 0.15) is 5.69 Å². The minimum atomic E-state index is -0.226. The minimum Gasteiger partial charge on any atom is -0.497 e. The number of hydrogen-bond donors (Lipinski definition) is 1. The van der Waals surface area contributed by atoms with Gasteiger partial charge in [-0.2, -0.15) is 5.10 Å². The van der Waals surface area contributed by atoms with Crippen molar-refractivity contribution in [2.75, 3.05) is 20.8 Å². The summed E-state index contributed by atoms with van der Waals surface area (Å²) in [5, 5.41) is 9.27. The van der Waals surface area contributed by atoms with Crippen LogP contribution in [0.3, 0.4) is 0 Å². The number of methoxy groups -OCH3 is 2. The van der Waals surface area contributed by atoms with E-state index in [-0.39, 0.29) is 31.0 Å². The molecule has 5 aromatic rings. The molecule has 0 saturated heterocycles. The van der Waals surface area contributed by atoms with Gasteiger partial charge in [-0.05, 0) is 54.6 Å². The van der Waals surface area contributed by atoms with Crippen LogP contribution in [-0.2, 0) is 17.8 Å². The number of benzene rings is 2. The Balaban J connectivity index is 1.21. The molecule has 0 aliphatic heterocycles. The summed E-state index contributed by atoms with van der Waals surface area (Å²) in [5.41, 5.74) is 3.97. The normalized spacial score (nSPS) is 11.0. The van der Waals surface area contributed by atoms with E-state index in [1.54, 1.807) is 20.3 Å². The van der Waals surface area contributed by atoms with Crippen LogP contribution in [0.15, 0.2) is 77.0 Å². The third kappa shape index (κ3) is 5.39.